The van der Waals surface area contributed by atoms with Crippen LogP contribution in [0.2, 0.25) is 0 Å². The number of piperazine rings is 1. The lowest BCUT2D eigenvalue weighted by Gasteiger charge is -2.28. The Labute approximate surface area is 170 Å². The molecular formula is C19H23N7O2S. The SMILES string of the molecule is Nc1ccc(S(=O)(=O)[N-]c2ncccn2)cc1.c1cc(N2CCNCC2)cc[nH+]1. The highest BCUT2D eigenvalue weighted by atomic mass is 32.2. The predicted octanol–water partition coefficient (Wildman–Crippen LogP) is 1.36. The molecule has 1 fully saturated rings. The molecule has 4 rings (SSSR count). The number of nitrogen functional groups attached to an aromatic ring is 1. The van der Waals surface area contributed by atoms with Gasteiger partial charge in [0.2, 0.25) is 10.0 Å². The quantitative estimate of drug-likeness (QED) is 0.618. The average Bonchev–Trinajstić information content (AvgIpc) is 2.76. The van der Waals surface area contributed by atoms with Crippen LogP contribution in [0.5, 0.6) is 0 Å². The third kappa shape index (κ3) is 6.13. The largest absolute Gasteiger partial charge is 0.399 e. The summed E-state index contributed by atoms with van der Waals surface area (Å²) in [6.45, 7) is 4.42. The van der Waals surface area contributed by atoms with Gasteiger partial charge in [-0.2, -0.15) is 0 Å². The molecule has 10 heteroatoms. The van der Waals surface area contributed by atoms with Gasteiger partial charge in [0.05, 0.1) is 4.90 Å². The minimum Gasteiger partial charge on any atom is -0.399 e. The molecule has 0 bridgehead atoms. The first-order valence-electron chi connectivity index (χ1n) is 9.07. The average molecular weight is 414 g/mol. The van der Waals surface area contributed by atoms with Crippen molar-refractivity contribution in [2.24, 2.45) is 0 Å². The molecule has 1 saturated heterocycles. The van der Waals surface area contributed by atoms with E-state index in [-0.39, 0.29) is 10.8 Å². The van der Waals surface area contributed by atoms with Crippen molar-refractivity contribution in [3.05, 3.63) is 72.0 Å². The van der Waals surface area contributed by atoms with Crippen LogP contribution in [0.1, 0.15) is 0 Å². The molecule has 29 heavy (non-hydrogen) atoms. The number of benzene rings is 1. The first-order chi connectivity index (χ1) is 14.0. The number of nitrogens with one attached hydrogen (secondary N) is 2. The van der Waals surface area contributed by atoms with E-state index in [2.05, 4.69) is 42.0 Å². The van der Waals surface area contributed by atoms with E-state index in [9.17, 15) is 8.42 Å². The molecule has 3 aromatic rings. The number of hydrogen-bond donors (Lipinski definition) is 2. The summed E-state index contributed by atoms with van der Waals surface area (Å²) in [5.74, 6) is -0.0932. The van der Waals surface area contributed by atoms with Gasteiger partial charge in [0, 0.05) is 55.6 Å². The smallest absolute Gasteiger partial charge is 0.229 e. The van der Waals surface area contributed by atoms with Crippen molar-refractivity contribution in [3.8, 4) is 0 Å². The number of nitrogens with zero attached hydrogens (tertiary/aromatic N) is 4. The summed E-state index contributed by atoms with van der Waals surface area (Å²) >= 11 is 0. The van der Waals surface area contributed by atoms with Gasteiger partial charge in [0.25, 0.3) is 0 Å². The molecule has 1 aromatic carbocycles. The van der Waals surface area contributed by atoms with Gasteiger partial charge in [-0.15, -0.1) is 0 Å². The number of aromatic nitrogens is 3. The van der Waals surface area contributed by atoms with Gasteiger partial charge < -0.3 is 25.9 Å². The number of sulfonamides is 1. The molecule has 152 valence electrons. The second kappa shape index (κ2) is 9.80. The molecule has 3 heterocycles. The normalized spacial score (nSPS) is 13.9. The maximum atomic E-state index is 11.8. The van der Waals surface area contributed by atoms with E-state index < -0.39 is 10.0 Å². The van der Waals surface area contributed by atoms with E-state index in [0.29, 0.717) is 5.69 Å². The number of anilines is 2. The number of rotatable bonds is 4. The van der Waals surface area contributed by atoms with Crippen LogP contribution in [-0.4, -0.2) is 44.6 Å². The first kappa shape index (κ1) is 20.5. The van der Waals surface area contributed by atoms with E-state index in [0.717, 1.165) is 26.2 Å². The van der Waals surface area contributed by atoms with Crippen LogP contribution in [0.15, 0.2) is 72.1 Å². The van der Waals surface area contributed by atoms with Crippen molar-refractivity contribution >= 4 is 27.3 Å². The minimum atomic E-state index is -3.79. The Morgan fingerprint density at radius 3 is 2.24 bits per heavy atom. The predicted molar refractivity (Wildman–Crippen MR) is 111 cm³/mol. The fourth-order valence-corrected chi connectivity index (χ4v) is 3.54. The minimum absolute atomic E-state index is 0.0548. The molecule has 0 saturated carbocycles. The lowest BCUT2D eigenvalue weighted by molar-refractivity contribution is -0.377. The van der Waals surface area contributed by atoms with Crippen LogP contribution in [0.3, 0.4) is 0 Å². The summed E-state index contributed by atoms with van der Waals surface area (Å²) in [7, 11) is -3.79. The number of nitrogens with two attached hydrogens (primary N) is 1. The molecule has 2 aromatic heterocycles. The van der Waals surface area contributed by atoms with Crippen molar-refractivity contribution in [1.82, 2.24) is 15.3 Å². The van der Waals surface area contributed by atoms with Gasteiger partial charge in [-0.1, -0.05) is 6.07 Å². The van der Waals surface area contributed by atoms with Crippen molar-refractivity contribution in [3.63, 3.8) is 0 Å². The number of H-pyrrole nitrogens is 1. The second-order valence-electron chi connectivity index (χ2n) is 6.18. The van der Waals surface area contributed by atoms with Crippen LogP contribution in [0, 0.1) is 0 Å². The summed E-state index contributed by atoms with van der Waals surface area (Å²) in [6, 6.07) is 11.6. The van der Waals surface area contributed by atoms with Crippen molar-refractivity contribution in [1.29, 1.82) is 0 Å². The van der Waals surface area contributed by atoms with Gasteiger partial charge in [0.15, 0.2) is 12.4 Å². The molecule has 0 spiro atoms. The van der Waals surface area contributed by atoms with Crippen LogP contribution in [0.4, 0.5) is 17.3 Å². The van der Waals surface area contributed by atoms with Crippen molar-refractivity contribution < 1.29 is 13.4 Å². The Morgan fingerprint density at radius 2 is 1.62 bits per heavy atom. The van der Waals surface area contributed by atoms with E-state index in [1.807, 2.05) is 12.4 Å². The van der Waals surface area contributed by atoms with E-state index in [1.54, 1.807) is 6.07 Å². The monoisotopic (exact) mass is 413 g/mol. The summed E-state index contributed by atoms with van der Waals surface area (Å²) in [4.78, 5) is 12.9. The van der Waals surface area contributed by atoms with E-state index >= 15 is 0 Å². The Balaban J connectivity index is 0.000000176. The molecule has 0 aliphatic carbocycles. The maximum Gasteiger partial charge on any atom is 0.229 e. The summed E-state index contributed by atoms with van der Waals surface area (Å²) in [5, 5.41) is 3.33. The summed E-state index contributed by atoms with van der Waals surface area (Å²) < 4.78 is 27.2. The Morgan fingerprint density at radius 1 is 1.00 bits per heavy atom. The van der Waals surface area contributed by atoms with E-state index in [1.165, 1.54) is 42.3 Å². The highest BCUT2D eigenvalue weighted by Gasteiger charge is 2.11. The third-order valence-corrected chi connectivity index (χ3v) is 5.39. The Kier molecular flexibility index (Phi) is 6.93. The molecule has 0 unspecified atom stereocenters. The van der Waals surface area contributed by atoms with Gasteiger partial charge in [-0.25, -0.2) is 13.4 Å². The summed E-state index contributed by atoms with van der Waals surface area (Å²) in [6.07, 6.45) is 6.78. The standard InChI is InChI=1S/C10H9N4O2S.C9H13N3/c11-8-2-4-9(5-3-8)17(15,16)14-10-12-6-1-7-13-10;1-3-10-4-2-9(1)12-7-5-11-6-8-12/h1-7H,11H2;1-4,11H,5-8H2/q-1;/p+1. The lowest BCUT2D eigenvalue weighted by atomic mass is 10.3. The zero-order chi connectivity index (χ0) is 20.5. The topological polar surface area (TPSA) is 129 Å². The van der Waals surface area contributed by atoms with Gasteiger partial charge in [-0.3, -0.25) is 4.72 Å². The Bertz CT molecular complexity index is 978. The van der Waals surface area contributed by atoms with Gasteiger partial charge >= 0.3 is 0 Å². The maximum absolute atomic E-state index is 11.8. The summed E-state index contributed by atoms with van der Waals surface area (Å²) in [5.41, 5.74) is 7.27. The van der Waals surface area contributed by atoms with Gasteiger partial charge in [0.1, 0.15) is 0 Å². The second-order valence-corrected chi connectivity index (χ2v) is 7.78. The van der Waals surface area contributed by atoms with Crippen LogP contribution >= 0.6 is 0 Å². The van der Waals surface area contributed by atoms with Gasteiger partial charge in [-0.05, 0) is 36.7 Å². The molecule has 0 atom stereocenters. The third-order valence-electron chi connectivity index (χ3n) is 4.11. The zero-order valence-corrected chi connectivity index (χ0v) is 16.6. The van der Waals surface area contributed by atoms with Crippen LogP contribution < -0.4 is 20.9 Å². The molecule has 1 aliphatic rings. The molecule has 0 amide bonds. The number of pyridine rings is 1. The molecule has 1 aliphatic heterocycles. The highest BCUT2D eigenvalue weighted by Crippen LogP contribution is 2.23. The molecule has 4 N–H and O–H groups in total. The molecule has 9 nitrogen and oxygen atoms in total. The zero-order valence-electron chi connectivity index (χ0n) is 15.8. The lowest BCUT2D eigenvalue weighted by Crippen LogP contribution is -2.43. The fraction of sp³-hybridized carbons (Fsp3) is 0.211. The number of aromatic amines is 1. The Hall–Kier alpha value is -3.24. The highest BCUT2D eigenvalue weighted by molar-refractivity contribution is 7.94. The van der Waals surface area contributed by atoms with Crippen LogP contribution in [-0.2, 0) is 10.0 Å². The van der Waals surface area contributed by atoms with Crippen molar-refractivity contribution in [2.75, 3.05) is 36.8 Å². The molecular weight excluding hydrogens is 390 g/mol. The van der Waals surface area contributed by atoms with Crippen molar-refractivity contribution in [2.45, 2.75) is 4.90 Å². The number of hydrogen-bond acceptors (Lipinski definition) is 7. The van der Waals surface area contributed by atoms with Crippen LogP contribution in [0.25, 0.3) is 4.72 Å². The first-order valence-corrected chi connectivity index (χ1v) is 10.5. The van der Waals surface area contributed by atoms with E-state index in [4.69, 9.17) is 5.73 Å². The fourth-order valence-electron chi connectivity index (χ4n) is 2.65. The molecule has 0 radical (unpaired) electrons.